The van der Waals surface area contributed by atoms with E-state index in [1.807, 2.05) is 0 Å². The summed E-state index contributed by atoms with van der Waals surface area (Å²) in [5.74, 6) is 0.167. The van der Waals surface area contributed by atoms with Gasteiger partial charge in [0.15, 0.2) is 0 Å². The van der Waals surface area contributed by atoms with Crippen LogP contribution in [0.5, 0.6) is 0 Å². The molecular weight excluding hydrogens is 225 g/mol. The zero-order valence-corrected chi connectivity index (χ0v) is 14.2. The summed E-state index contributed by atoms with van der Waals surface area (Å²) < 4.78 is 8.66. The van der Waals surface area contributed by atoms with Crippen molar-refractivity contribution in [1.29, 1.82) is 0 Å². The van der Waals surface area contributed by atoms with Gasteiger partial charge in [-0.05, 0) is 13.8 Å². The Morgan fingerprint density at radius 3 is 1.27 bits per heavy atom. The Labute approximate surface area is 150 Å². The summed E-state index contributed by atoms with van der Waals surface area (Å²) in [5, 5.41) is 0. The Morgan fingerprint density at radius 1 is 1.27 bits per heavy atom. The van der Waals surface area contributed by atoms with E-state index in [0.29, 0.717) is 0 Å². The van der Waals surface area contributed by atoms with Gasteiger partial charge in [-0.1, -0.05) is 0 Å². The number of hydrogen-bond acceptors (Lipinski definition) is 4. The van der Waals surface area contributed by atoms with Crippen LogP contribution in [0.4, 0.5) is 0 Å². The molecule has 0 radical (unpaired) electrons. The van der Waals surface area contributed by atoms with E-state index in [0.717, 1.165) is 0 Å². The molecule has 0 atom stereocenters. The molecule has 0 aromatic heterocycles. The summed E-state index contributed by atoms with van der Waals surface area (Å²) in [6, 6.07) is 0. The summed E-state index contributed by atoms with van der Waals surface area (Å²) in [7, 11) is -5.14. The quantitative estimate of drug-likeness (QED) is 0.330. The molecule has 0 aromatic carbocycles. The molecule has 56 valence electrons. The Hall–Kier alpha value is 3.05. The van der Waals surface area contributed by atoms with Crippen molar-refractivity contribution < 1.29 is 127 Å². The number of hydrogen-bond donors (Lipinski definition) is 1. The van der Waals surface area contributed by atoms with Crippen LogP contribution in [0, 0.1) is 0 Å². The van der Waals surface area contributed by atoms with Crippen molar-refractivity contribution in [2.45, 2.75) is 13.8 Å². The maximum atomic E-state index is 9.44. The monoisotopic (exact) mass is 232 g/mol. The van der Waals surface area contributed by atoms with Crippen molar-refractivity contribution in [1.82, 2.24) is 0 Å². The van der Waals surface area contributed by atoms with Gasteiger partial charge < -0.3 is 24.0 Å². The smallest absolute Gasteiger partial charge is 0.790 e. The number of phosphoric acid groups is 1. The first kappa shape index (κ1) is 23.7. The van der Waals surface area contributed by atoms with Gasteiger partial charge in [0.25, 0.3) is 0 Å². The van der Waals surface area contributed by atoms with Gasteiger partial charge in [0.05, 0.1) is 7.82 Å². The maximum absolute atomic E-state index is 9.44. The molecule has 0 saturated carbocycles. The second kappa shape index (κ2) is 13.1. The fourth-order valence-electron chi connectivity index (χ4n) is 0. The van der Waals surface area contributed by atoms with Gasteiger partial charge in [0.1, 0.15) is 5.78 Å². The average molecular weight is 232 g/mol. The summed E-state index contributed by atoms with van der Waals surface area (Å²) in [6.45, 7) is 3.06. The van der Waals surface area contributed by atoms with Gasteiger partial charge in [0, 0.05) is 0 Å². The third-order valence-corrected chi connectivity index (χ3v) is 0. The van der Waals surface area contributed by atoms with Crippen molar-refractivity contribution in [3.63, 3.8) is 0 Å². The molecule has 0 aromatic rings. The third-order valence-electron chi connectivity index (χ3n) is 0. The average Bonchev–Trinajstić information content (AvgIpc) is 1.19. The van der Waals surface area contributed by atoms with E-state index in [2.05, 4.69) is 0 Å². The molecule has 0 heterocycles. The molecule has 0 fully saturated rings. The fourth-order valence-corrected chi connectivity index (χ4v) is 0. The Balaban J connectivity index is -0.0000000383. The van der Waals surface area contributed by atoms with Gasteiger partial charge in [-0.25, -0.2) is 0 Å². The van der Waals surface area contributed by atoms with E-state index in [1.165, 1.54) is 13.8 Å². The van der Waals surface area contributed by atoms with Crippen LogP contribution in [0.2, 0.25) is 0 Å². The summed E-state index contributed by atoms with van der Waals surface area (Å²) in [5.41, 5.74) is 0. The van der Waals surface area contributed by atoms with Gasteiger partial charge in [-0.15, -0.1) is 0 Å². The molecule has 0 rings (SSSR count). The molecule has 0 bridgehead atoms. The van der Waals surface area contributed by atoms with E-state index in [9.17, 15) is 4.79 Å². The van der Waals surface area contributed by atoms with Crippen LogP contribution in [0.1, 0.15) is 13.8 Å². The molecule has 0 spiro atoms. The molecule has 8 heteroatoms. The van der Waals surface area contributed by atoms with E-state index < -0.39 is 7.82 Å². The molecule has 0 aliphatic heterocycles. The minimum Gasteiger partial charge on any atom is -0.790 e. The van der Waals surface area contributed by atoms with Gasteiger partial charge in [0.2, 0.25) is 0 Å². The standard InChI is InChI=1S/C3H6O.2K.H3O4P/c1-3(2)4;;;1-5(2,3)4/h1-2H3;;;(H3,1,2,3,4)/q;2*+1;/p-2. The van der Waals surface area contributed by atoms with Crippen LogP contribution < -0.4 is 113 Å². The molecule has 1 N–H and O–H groups in total. The number of Topliss-reactive ketones (excluding diaryl/α,β-unsaturated/α-hetero) is 1. The molecule has 5 nitrogen and oxygen atoms in total. The van der Waals surface area contributed by atoms with E-state index in [1.54, 1.807) is 0 Å². The first-order valence-corrected chi connectivity index (χ1v) is 3.45. The third kappa shape index (κ3) is 171. The van der Waals surface area contributed by atoms with Crippen molar-refractivity contribution in [3.8, 4) is 0 Å². The minimum atomic E-state index is -5.14. The van der Waals surface area contributed by atoms with Crippen LogP contribution in [0.3, 0.4) is 0 Å². The zero-order chi connectivity index (χ0) is 8.08. The molecule has 11 heavy (non-hydrogen) atoms. The predicted octanol–water partition coefficient (Wildman–Crippen LogP) is -7.59. The van der Waals surface area contributed by atoms with Crippen molar-refractivity contribution in [2.75, 3.05) is 0 Å². The van der Waals surface area contributed by atoms with Crippen LogP contribution >= 0.6 is 7.82 Å². The van der Waals surface area contributed by atoms with Gasteiger partial charge in [-0.2, -0.15) is 0 Å². The van der Waals surface area contributed by atoms with Gasteiger partial charge in [-0.3, -0.25) is 0 Å². The Morgan fingerprint density at radius 2 is 1.27 bits per heavy atom. The van der Waals surface area contributed by atoms with E-state index >= 15 is 0 Å². The van der Waals surface area contributed by atoms with Crippen LogP contribution in [0.15, 0.2) is 0 Å². The van der Waals surface area contributed by atoms with Crippen molar-refractivity contribution in [2.24, 2.45) is 0 Å². The second-order valence-corrected chi connectivity index (χ2v) is 2.31. The van der Waals surface area contributed by atoms with Gasteiger partial charge >= 0.3 is 103 Å². The number of carbonyl (C=O) groups excluding carboxylic acids is 1. The summed E-state index contributed by atoms with van der Waals surface area (Å²) in [4.78, 5) is 33.7. The first-order chi connectivity index (χ1) is 3.73. The maximum Gasteiger partial charge on any atom is 1.00 e. The predicted molar refractivity (Wildman–Crippen MR) is 26.2 cm³/mol. The summed E-state index contributed by atoms with van der Waals surface area (Å²) in [6.07, 6.45) is 0. The topological polar surface area (TPSA) is 100 Å². The molecule has 0 saturated heterocycles. The van der Waals surface area contributed by atoms with E-state index in [-0.39, 0.29) is 109 Å². The first-order valence-electron chi connectivity index (χ1n) is 1.95. The molecule has 0 unspecified atom stereocenters. The molecule has 0 amide bonds. The van der Waals surface area contributed by atoms with Crippen LogP contribution in [-0.4, -0.2) is 10.7 Å². The van der Waals surface area contributed by atoms with Crippen molar-refractivity contribution >= 4 is 13.6 Å². The zero-order valence-electron chi connectivity index (χ0n) is 7.03. The van der Waals surface area contributed by atoms with Crippen molar-refractivity contribution in [3.05, 3.63) is 0 Å². The Kier molecular flexibility index (Phi) is 28.1. The SMILES string of the molecule is CC(C)=O.O=P([O-])([O-])O.[K+].[K+]. The van der Waals surface area contributed by atoms with E-state index in [4.69, 9.17) is 19.2 Å². The fraction of sp³-hybridized carbons (Fsp3) is 0.667. The number of ketones is 1. The second-order valence-electron chi connectivity index (χ2n) is 1.38. The van der Waals surface area contributed by atoms with Crippen LogP contribution in [-0.2, 0) is 9.36 Å². The minimum absolute atomic E-state index is 0. The number of rotatable bonds is 0. The molecule has 0 aliphatic rings. The largest absolute Gasteiger partial charge is 1.00 e. The molecular formula is C3H7K2O5P. The normalized spacial score (nSPS) is 7.73. The Bertz CT molecular complexity index is 119. The summed E-state index contributed by atoms with van der Waals surface area (Å²) >= 11 is 0. The van der Waals surface area contributed by atoms with Crippen LogP contribution in [0.25, 0.3) is 0 Å². The molecule has 0 aliphatic carbocycles. The number of carbonyl (C=O) groups is 1.